The van der Waals surface area contributed by atoms with Crippen molar-refractivity contribution in [1.82, 2.24) is 0 Å². The van der Waals surface area contributed by atoms with E-state index in [0.29, 0.717) is 10.2 Å². The van der Waals surface area contributed by atoms with Crippen LogP contribution in [0.5, 0.6) is 5.75 Å². The number of halogens is 1. The highest BCUT2D eigenvalue weighted by atomic mass is 79.9. The Balaban J connectivity index is 2.63. The number of benzene rings is 1. The Morgan fingerprint density at radius 2 is 2.20 bits per heavy atom. The fourth-order valence-corrected chi connectivity index (χ4v) is 1.25. The summed E-state index contributed by atoms with van der Waals surface area (Å²) in [7, 11) is 0. The van der Waals surface area contributed by atoms with E-state index in [-0.39, 0.29) is 0 Å². The van der Waals surface area contributed by atoms with Crippen LogP contribution in [0, 0.1) is 0 Å². The molecule has 1 atom stereocenters. The Labute approximate surface area is 96.5 Å². The summed E-state index contributed by atoms with van der Waals surface area (Å²) < 4.78 is 5.72. The van der Waals surface area contributed by atoms with Crippen LogP contribution in [0.4, 0.5) is 0 Å². The number of hydrogen-bond acceptors (Lipinski definition) is 3. The fourth-order valence-electron chi connectivity index (χ4n) is 0.888. The van der Waals surface area contributed by atoms with E-state index in [1.165, 1.54) is 12.2 Å². The molecule has 0 aliphatic heterocycles. The number of aliphatic hydroxyl groups excluding tert-OH is 1. The molecule has 0 bridgehead atoms. The summed E-state index contributed by atoms with van der Waals surface area (Å²) in [5.41, 5.74) is 0. The molecular weight excluding hydrogens is 260 g/mol. The first kappa shape index (κ1) is 11.9. The number of hydrogen-bond donors (Lipinski definition) is 1. The van der Waals surface area contributed by atoms with E-state index < -0.39 is 12.1 Å². The molecule has 0 spiro atoms. The maximum Gasteiger partial charge on any atom is 0.335 e. The molecule has 0 aliphatic carbocycles. The molecule has 0 aliphatic rings. The first-order valence-electron chi connectivity index (χ1n) is 4.42. The summed E-state index contributed by atoms with van der Waals surface area (Å²) >= 11 is 3.25. The molecule has 0 fully saturated rings. The van der Waals surface area contributed by atoms with Gasteiger partial charge in [0.25, 0.3) is 0 Å². The van der Waals surface area contributed by atoms with Crippen molar-refractivity contribution in [1.29, 1.82) is 0 Å². The quantitative estimate of drug-likeness (QED) is 0.521. The second-order valence-corrected chi connectivity index (χ2v) is 3.81. The standard InChI is InChI=1S/C11H11BrO3/c1-8(13)6-7-11(14)15-10-5-3-2-4-9(10)12/h2-8,13H,1H3. The molecule has 1 unspecified atom stereocenters. The summed E-state index contributed by atoms with van der Waals surface area (Å²) in [6.07, 6.45) is 1.90. The third kappa shape index (κ3) is 4.27. The maximum absolute atomic E-state index is 11.2. The van der Waals surface area contributed by atoms with Crippen molar-refractivity contribution in [3.05, 3.63) is 40.9 Å². The minimum atomic E-state index is -0.656. The Morgan fingerprint density at radius 1 is 1.53 bits per heavy atom. The molecule has 1 rings (SSSR count). The number of esters is 1. The van der Waals surface area contributed by atoms with Gasteiger partial charge in [0, 0.05) is 6.08 Å². The zero-order chi connectivity index (χ0) is 11.3. The van der Waals surface area contributed by atoms with Crippen molar-refractivity contribution >= 4 is 21.9 Å². The monoisotopic (exact) mass is 270 g/mol. The van der Waals surface area contributed by atoms with Crippen LogP contribution in [0.15, 0.2) is 40.9 Å². The number of rotatable bonds is 3. The topological polar surface area (TPSA) is 46.5 Å². The molecule has 0 saturated heterocycles. The van der Waals surface area contributed by atoms with Gasteiger partial charge >= 0.3 is 5.97 Å². The highest BCUT2D eigenvalue weighted by molar-refractivity contribution is 9.10. The molecule has 1 N–H and O–H groups in total. The van der Waals surface area contributed by atoms with E-state index >= 15 is 0 Å². The Hall–Kier alpha value is -1.13. The molecule has 15 heavy (non-hydrogen) atoms. The van der Waals surface area contributed by atoms with Gasteiger partial charge in [0.05, 0.1) is 10.6 Å². The van der Waals surface area contributed by atoms with Crippen LogP contribution in [0.3, 0.4) is 0 Å². The van der Waals surface area contributed by atoms with Gasteiger partial charge in [-0.2, -0.15) is 0 Å². The number of ether oxygens (including phenoxy) is 1. The maximum atomic E-state index is 11.2. The van der Waals surface area contributed by atoms with Gasteiger partial charge in [-0.15, -0.1) is 0 Å². The number of carbonyl (C=O) groups is 1. The minimum absolute atomic E-state index is 0.456. The van der Waals surface area contributed by atoms with Gasteiger partial charge in [-0.05, 0) is 41.1 Å². The third-order valence-electron chi connectivity index (χ3n) is 1.56. The van der Waals surface area contributed by atoms with Gasteiger partial charge in [-0.1, -0.05) is 12.1 Å². The van der Waals surface area contributed by atoms with E-state index in [4.69, 9.17) is 9.84 Å². The van der Waals surface area contributed by atoms with Crippen molar-refractivity contribution in [2.75, 3.05) is 0 Å². The Kier molecular flexibility index (Phi) is 4.52. The van der Waals surface area contributed by atoms with Gasteiger partial charge in [0.2, 0.25) is 0 Å². The van der Waals surface area contributed by atoms with Crippen LogP contribution in [0.25, 0.3) is 0 Å². The van der Waals surface area contributed by atoms with Crippen molar-refractivity contribution in [3.63, 3.8) is 0 Å². The zero-order valence-electron chi connectivity index (χ0n) is 8.18. The average molecular weight is 271 g/mol. The predicted octanol–water partition coefficient (Wildman–Crippen LogP) is 2.29. The normalized spacial score (nSPS) is 12.7. The molecule has 0 radical (unpaired) electrons. The second kappa shape index (κ2) is 5.68. The molecule has 80 valence electrons. The minimum Gasteiger partial charge on any atom is -0.422 e. The van der Waals surface area contributed by atoms with Crippen LogP contribution >= 0.6 is 15.9 Å². The molecule has 3 nitrogen and oxygen atoms in total. The highest BCUT2D eigenvalue weighted by Crippen LogP contribution is 2.23. The summed E-state index contributed by atoms with van der Waals surface area (Å²) in [5, 5.41) is 8.92. The summed E-state index contributed by atoms with van der Waals surface area (Å²) in [5.74, 6) is -0.0551. The molecular formula is C11H11BrO3. The van der Waals surface area contributed by atoms with Crippen molar-refractivity contribution in [3.8, 4) is 5.75 Å². The molecule has 1 aromatic rings. The first-order valence-corrected chi connectivity index (χ1v) is 5.21. The van der Waals surface area contributed by atoms with Crippen molar-refractivity contribution in [2.24, 2.45) is 0 Å². The van der Waals surface area contributed by atoms with Crippen LogP contribution in [-0.2, 0) is 4.79 Å². The van der Waals surface area contributed by atoms with Crippen molar-refractivity contribution < 1.29 is 14.6 Å². The predicted molar refractivity (Wildman–Crippen MR) is 60.6 cm³/mol. The van der Waals surface area contributed by atoms with E-state index in [1.807, 2.05) is 6.07 Å². The van der Waals surface area contributed by atoms with Crippen LogP contribution in [0.1, 0.15) is 6.92 Å². The van der Waals surface area contributed by atoms with Crippen LogP contribution in [0.2, 0.25) is 0 Å². The zero-order valence-corrected chi connectivity index (χ0v) is 9.77. The summed E-state index contributed by atoms with van der Waals surface area (Å²) in [6, 6.07) is 7.05. The molecule has 0 amide bonds. The summed E-state index contributed by atoms with van der Waals surface area (Å²) in [4.78, 5) is 11.2. The SMILES string of the molecule is CC(O)C=CC(=O)Oc1ccccc1Br. The number of aliphatic hydroxyl groups is 1. The lowest BCUT2D eigenvalue weighted by atomic mass is 10.3. The van der Waals surface area contributed by atoms with Gasteiger partial charge in [-0.3, -0.25) is 0 Å². The van der Waals surface area contributed by atoms with Gasteiger partial charge < -0.3 is 9.84 Å². The average Bonchev–Trinajstić information content (AvgIpc) is 2.18. The first-order chi connectivity index (χ1) is 7.09. The van der Waals surface area contributed by atoms with E-state index in [2.05, 4.69) is 15.9 Å². The molecule has 4 heteroatoms. The molecule has 0 heterocycles. The fraction of sp³-hybridized carbons (Fsp3) is 0.182. The van der Waals surface area contributed by atoms with E-state index in [0.717, 1.165) is 0 Å². The van der Waals surface area contributed by atoms with E-state index in [1.54, 1.807) is 25.1 Å². The largest absolute Gasteiger partial charge is 0.422 e. The van der Waals surface area contributed by atoms with Crippen molar-refractivity contribution in [2.45, 2.75) is 13.0 Å². The van der Waals surface area contributed by atoms with Gasteiger partial charge in [0.1, 0.15) is 5.75 Å². The molecule has 0 saturated carbocycles. The van der Waals surface area contributed by atoms with Gasteiger partial charge in [-0.25, -0.2) is 4.79 Å². The third-order valence-corrected chi connectivity index (χ3v) is 2.21. The lowest BCUT2D eigenvalue weighted by Crippen LogP contribution is -2.05. The number of para-hydroxylation sites is 1. The summed E-state index contributed by atoms with van der Waals surface area (Å²) in [6.45, 7) is 1.56. The Bertz CT molecular complexity index is 372. The van der Waals surface area contributed by atoms with Gasteiger partial charge in [0.15, 0.2) is 0 Å². The Morgan fingerprint density at radius 3 is 2.80 bits per heavy atom. The highest BCUT2D eigenvalue weighted by Gasteiger charge is 2.03. The van der Waals surface area contributed by atoms with Crippen LogP contribution < -0.4 is 4.74 Å². The molecule has 0 aromatic heterocycles. The smallest absolute Gasteiger partial charge is 0.335 e. The van der Waals surface area contributed by atoms with E-state index in [9.17, 15) is 4.79 Å². The lowest BCUT2D eigenvalue weighted by Gasteiger charge is -2.03. The lowest BCUT2D eigenvalue weighted by molar-refractivity contribution is -0.129. The number of carbonyl (C=O) groups excluding carboxylic acids is 1. The molecule has 1 aromatic carbocycles. The second-order valence-electron chi connectivity index (χ2n) is 2.95. The van der Waals surface area contributed by atoms with Crippen LogP contribution in [-0.4, -0.2) is 17.2 Å².